The molecule has 0 aliphatic carbocycles. The third kappa shape index (κ3) is 3.35. The number of aromatic nitrogens is 2. The lowest BCUT2D eigenvalue weighted by atomic mass is 9.97. The molecule has 0 aromatic carbocycles. The summed E-state index contributed by atoms with van der Waals surface area (Å²) in [4.78, 5) is 11.0. The summed E-state index contributed by atoms with van der Waals surface area (Å²) in [5.41, 5.74) is 1.28. The predicted molar refractivity (Wildman–Crippen MR) is 89.1 cm³/mol. The first kappa shape index (κ1) is 14.6. The van der Waals surface area contributed by atoms with E-state index in [0.29, 0.717) is 6.04 Å². The van der Waals surface area contributed by atoms with E-state index in [1.807, 2.05) is 42.9 Å². The van der Waals surface area contributed by atoms with Crippen LogP contribution in [0, 0.1) is 0 Å². The van der Waals surface area contributed by atoms with Crippen LogP contribution in [0.3, 0.4) is 0 Å². The molecule has 120 valence electrons. The van der Waals surface area contributed by atoms with Crippen LogP contribution in [0.4, 0.5) is 5.82 Å². The van der Waals surface area contributed by atoms with Gasteiger partial charge < -0.3 is 10.1 Å². The number of rotatable bonds is 4. The summed E-state index contributed by atoms with van der Waals surface area (Å²) in [7, 11) is 0. The van der Waals surface area contributed by atoms with Crippen LogP contribution in [0.5, 0.6) is 0 Å². The molecule has 4 rings (SSSR count). The largest absolute Gasteiger partial charge is 0.371 e. The van der Waals surface area contributed by atoms with Crippen molar-refractivity contribution in [2.24, 2.45) is 0 Å². The van der Waals surface area contributed by atoms with Crippen molar-refractivity contribution in [2.75, 3.05) is 25.0 Å². The molecule has 0 saturated carbocycles. The molecule has 5 heteroatoms. The maximum Gasteiger partial charge on any atom is 0.126 e. The number of nitrogens with one attached hydrogen (secondary N) is 1. The molecule has 2 aliphatic rings. The molecule has 2 fully saturated rings. The van der Waals surface area contributed by atoms with Crippen LogP contribution >= 0.6 is 0 Å². The average Bonchev–Trinajstić information content (AvgIpc) is 3.16. The van der Waals surface area contributed by atoms with E-state index in [-0.39, 0.29) is 5.60 Å². The van der Waals surface area contributed by atoms with Crippen molar-refractivity contribution < 1.29 is 4.74 Å². The zero-order chi connectivity index (χ0) is 15.5. The normalized spacial score (nSPS) is 27.6. The van der Waals surface area contributed by atoms with Gasteiger partial charge in [0.2, 0.25) is 0 Å². The van der Waals surface area contributed by atoms with Crippen molar-refractivity contribution >= 4 is 5.82 Å². The quantitative estimate of drug-likeness (QED) is 0.939. The monoisotopic (exact) mass is 310 g/mol. The van der Waals surface area contributed by atoms with Crippen molar-refractivity contribution in [3.63, 3.8) is 0 Å². The summed E-state index contributed by atoms with van der Waals surface area (Å²) in [5.74, 6) is 0.934. The van der Waals surface area contributed by atoms with Gasteiger partial charge in [0.1, 0.15) is 5.82 Å². The van der Waals surface area contributed by atoms with Gasteiger partial charge in [0.25, 0.3) is 0 Å². The fourth-order valence-corrected chi connectivity index (χ4v) is 3.69. The Balaban J connectivity index is 1.34. The number of nitrogens with zero attached hydrogens (tertiary/aromatic N) is 3. The van der Waals surface area contributed by atoms with Crippen molar-refractivity contribution in [3.05, 3.63) is 54.5 Å². The van der Waals surface area contributed by atoms with Gasteiger partial charge in [0, 0.05) is 44.6 Å². The van der Waals surface area contributed by atoms with Crippen molar-refractivity contribution in [1.29, 1.82) is 0 Å². The smallest absolute Gasteiger partial charge is 0.126 e. The van der Waals surface area contributed by atoms with E-state index >= 15 is 0 Å². The molecule has 23 heavy (non-hydrogen) atoms. The molecule has 0 amide bonds. The van der Waals surface area contributed by atoms with Gasteiger partial charge in [0.05, 0.1) is 18.2 Å². The Morgan fingerprint density at radius 2 is 2.26 bits per heavy atom. The molecule has 2 aliphatic heterocycles. The van der Waals surface area contributed by atoms with Gasteiger partial charge in [-0.2, -0.15) is 0 Å². The first-order chi connectivity index (χ1) is 11.3. The Kier molecular flexibility index (Phi) is 3.97. The molecular weight excluding hydrogens is 288 g/mol. The second-order valence-electron chi connectivity index (χ2n) is 6.58. The fourth-order valence-electron chi connectivity index (χ4n) is 3.69. The van der Waals surface area contributed by atoms with Gasteiger partial charge in [-0.15, -0.1) is 0 Å². The second kappa shape index (κ2) is 6.26. The molecule has 1 spiro atoms. The van der Waals surface area contributed by atoms with Crippen LogP contribution in [-0.2, 0) is 11.3 Å². The first-order valence-electron chi connectivity index (χ1n) is 8.24. The van der Waals surface area contributed by atoms with E-state index in [1.54, 1.807) is 0 Å². The Morgan fingerprint density at radius 3 is 3.09 bits per heavy atom. The third-order valence-electron chi connectivity index (χ3n) is 4.75. The minimum Gasteiger partial charge on any atom is -0.371 e. The summed E-state index contributed by atoms with van der Waals surface area (Å²) in [6, 6.07) is 10.4. The lowest BCUT2D eigenvalue weighted by Gasteiger charge is -2.23. The number of anilines is 1. The highest BCUT2D eigenvalue weighted by atomic mass is 16.5. The average molecular weight is 310 g/mol. The Hall–Kier alpha value is -1.98. The summed E-state index contributed by atoms with van der Waals surface area (Å²) in [6.45, 7) is 3.81. The Morgan fingerprint density at radius 1 is 1.26 bits per heavy atom. The van der Waals surface area contributed by atoms with Crippen LogP contribution in [0.1, 0.15) is 18.4 Å². The van der Waals surface area contributed by atoms with Crippen LogP contribution in [0.2, 0.25) is 0 Å². The fraction of sp³-hybridized carbons (Fsp3) is 0.444. The SMILES string of the molecule is c1ccc(NC2COC3(CCN(Cc4cccnc4)C3)C2)nc1. The maximum absolute atomic E-state index is 6.21. The van der Waals surface area contributed by atoms with Crippen LogP contribution < -0.4 is 5.32 Å². The molecule has 1 N–H and O–H groups in total. The molecule has 2 saturated heterocycles. The summed E-state index contributed by atoms with van der Waals surface area (Å²) >= 11 is 0. The maximum atomic E-state index is 6.21. The van der Waals surface area contributed by atoms with E-state index in [0.717, 1.165) is 44.9 Å². The summed E-state index contributed by atoms with van der Waals surface area (Å²) in [6.07, 6.45) is 7.74. The van der Waals surface area contributed by atoms with Crippen LogP contribution in [0.25, 0.3) is 0 Å². The van der Waals surface area contributed by atoms with Gasteiger partial charge in [0.15, 0.2) is 0 Å². The molecule has 5 nitrogen and oxygen atoms in total. The molecule has 4 heterocycles. The van der Waals surface area contributed by atoms with E-state index < -0.39 is 0 Å². The standard InChI is InChI=1S/C18H22N4O/c1-2-8-20-17(5-1)21-16-10-18(23-13-16)6-9-22(14-18)12-15-4-3-7-19-11-15/h1-5,7-8,11,16H,6,9-10,12-14H2,(H,20,21). The number of hydrogen-bond acceptors (Lipinski definition) is 5. The highest BCUT2D eigenvalue weighted by Gasteiger charge is 2.45. The van der Waals surface area contributed by atoms with Crippen molar-refractivity contribution in [3.8, 4) is 0 Å². The molecular formula is C18H22N4O. The van der Waals surface area contributed by atoms with Crippen LogP contribution in [0.15, 0.2) is 48.9 Å². The lowest BCUT2D eigenvalue weighted by Crippen LogP contribution is -2.33. The molecule has 2 aromatic rings. The van der Waals surface area contributed by atoms with E-state index in [4.69, 9.17) is 4.74 Å². The topological polar surface area (TPSA) is 50.3 Å². The predicted octanol–water partition coefficient (Wildman–Crippen LogP) is 2.32. The molecule has 2 aromatic heterocycles. The lowest BCUT2D eigenvalue weighted by molar-refractivity contribution is 0.0120. The first-order valence-corrected chi connectivity index (χ1v) is 8.24. The number of hydrogen-bond donors (Lipinski definition) is 1. The minimum atomic E-state index is 0.00859. The minimum absolute atomic E-state index is 0.00859. The molecule has 2 atom stereocenters. The zero-order valence-corrected chi connectivity index (χ0v) is 13.2. The summed E-state index contributed by atoms with van der Waals surface area (Å²) < 4.78 is 6.21. The Bertz CT molecular complexity index is 576. The van der Waals surface area contributed by atoms with Crippen molar-refractivity contribution in [1.82, 2.24) is 14.9 Å². The molecule has 2 unspecified atom stereocenters. The highest BCUT2D eigenvalue weighted by Crippen LogP contribution is 2.36. The van der Waals surface area contributed by atoms with Crippen LogP contribution in [-0.4, -0.2) is 46.2 Å². The third-order valence-corrected chi connectivity index (χ3v) is 4.75. The van der Waals surface area contributed by atoms with E-state index in [1.165, 1.54) is 5.56 Å². The molecule has 0 radical (unpaired) electrons. The van der Waals surface area contributed by atoms with E-state index in [9.17, 15) is 0 Å². The second-order valence-corrected chi connectivity index (χ2v) is 6.58. The number of pyridine rings is 2. The van der Waals surface area contributed by atoms with Gasteiger partial charge in [-0.3, -0.25) is 9.88 Å². The highest BCUT2D eigenvalue weighted by molar-refractivity contribution is 5.35. The zero-order valence-electron chi connectivity index (χ0n) is 13.2. The summed E-state index contributed by atoms with van der Waals surface area (Å²) in [5, 5.41) is 3.49. The van der Waals surface area contributed by atoms with Gasteiger partial charge in [-0.1, -0.05) is 12.1 Å². The van der Waals surface area contributed by atoms with Crippen molar-refractivity contribution in [2.45, 2.75) is 31.0 Å². The molecule has 0 bridgehead atoms. The van der Waals surface area contributed by atoms with Gasteiger partial charge in [-0.05, 0) is 30.2 Å². The van der Waals surface area contributed by atoms with Gasteiger partial charge >= 0.3 is 0 Å². The Labute approximate surface area is 136 Å². The number of likely N-dealkylation sites (tertiary alicyclic amines) is 1. The van der Waals surface area contributed by atoms with E-state index in [2.05, 4.69) is 26.3 Å². The van der Waals surface area contributed by atoms with Gasteiger partial charge in [-0.25, -0.2) is 4.98 Å². The number of ether oxygens (including phenoxy) is 1.